The van der Waals surface area contributed by atoms with E-state index < -0.39 is 0 Å². The Morgan fingerprint density at radius 3 is 2.68 bits per heavy atom. The Labute approximate surface area is 116 Å². The molecule has 0 saturated carbocycles. The van der Waals surface area contributed by atoms with Gasteiger partial charge in [0.05, 0.1) is 0 Å². The molecule has 1 aliphatic rings. The first-order valence-corrected chi connectivity index (χ1v) is 7.11. The third kappa shape index (κ3) is 3.71. The van der Waals surface area contributed by atoms with Crippen molar-refractivity contribution in [2.24, 2.45) is 5.41 Å². The average molecular weight is 263 g/mol. The van der Waals surface area contributed by atoms with Gasteiger partial charge in [-0.3, -0.25) is 0 Å². The van der Waals surface area contributed by atoms with Crippen LogP contribution in [-0.2, 0) is 4.74 Å². The minimum absolute atomic E-state index is 0.167. The van der Waals surface area contributed by atoms with Gasteiger partial charge in [0.1, 0.15) is 5.75 Å². The minimum Gasteiger partial charge on any atom is -0.508 e. The monoisotopic (exact) mass is 263 g/mol. The van der Waals surface area contributed by atoms with E-state index in [-0.39, 0.29) is 6.04 Å². The van der Waals surface area contributed by atoms with E-state index in [2.05, 4.69) is 19.2 Å². The zero-order valence-corrected chi connectivity index (χ0v) is 12.2. The Bertz CT molecular complexity index is 425. The number of phenols is 1. The number of phenolic OH excluding ortho intramolecular Hbond substituents is 1. The third-order valence-electron chi connectivity index (χ3n) is 4.19. The van der Waals surface area contributed by atoms with Crippen LogP contribution in [-0.4, -0.2) is 24.9 Å². The molecule has 1 fully saturated rings. The number of hydrogen-bond donors (Lipinski definition) is 2. The van der Waals surface area contributed by atoms with E-state index in [0.717, 1.165) is 43.7 Å². The van der Waals surface area contributed by atoms with Gasteiger partial charge in [-0.2, -0.15) is 0 Å². The van der Waals surface area contributed by atoms with Gasteiger partial charge in [0.2, 0.25) is 0 Å². The van der Waals surface area contributed by atoms with Gasteiger partial charge in [-0.15, -0.1) is 0 Å². The van der Waals surface area contributed by atoms with Crippen LogP contribution in [0.15, 0.2) is 18.2 Å². The van der Waals surface area contributed by atoms with Crippen LogP contribution in [0.1, 0.15) is 43.9 Å². The van der Waals surface area contributed by atoms with E-state index in [1.54, 1.807) is 0 Å². The molecule has 1 atom stereocenters. The summed E-state index contributed by atoms with van der Waals surface area (Å²) in [7, 11) is 0. The van der Waals surface area contributed by atoms with Crippen molar-refractivity contribution in [2.75, 3.05) is 19.8 Å². The molecule has 0 radical (unpaired) electrons. The first-order chi connectivity index (χ1) is 9.00. The quantitative estimate of drug-likeness (QED) is 0.876. The van der Waals surface area contributed by atoms with Gasteiger partial charge in [-0.25, -0.2) is 0 Å². The second kappa shape index (κ2) is 5.93. The molecule has 1 aliphatic heterocycles. The van der Waals surface area contributed by atoms with Crippen molar-refractivity contribution in [3.8, 4) is 5.75 Å². The van der Waals surface area contributed by atoms with Gasteiger partial charge in [-0.05, 0) is 43.7 Å². The lowest BCUT2D eigenvalue weighted by molar-refractivity contribution is 0.0230. The number of nitrogens with one attached hydrogen (secondary N) is 1. The first-order valence-electron chi connectivity index (χ1n) is 7.11. The molecule has 1 aromatic carbocycles. The fourth-order valence-electron chi connectivity index (χ4n) is 2.57. The number of aromatic hydroxyl groups is 1. The highest BCUT2D eigenvalue weighted by atomic mass is 16.5. The van der Waals surface area contributed by atoms with Gasteiger partial charge < -0.3 is 15.2 Å². The highest BCUT2D eigenvalue weighted by molar-refractivity contribution is 5.37. The van der Waals surface area contributed by atoms with E-state index in [4.69, 9.17) is 4.74 Å². The average Bonchev–Trinajstić information content (AvgIpc) is 2.37. The maximum atomic E-state index is 10.0. The zero-order chi connectivity index (χ0) is 13.9. The van der Waals surface area contributed by atoms with Crippen LogP contribution in [0.25, 0.3) is 0 Å². The van der Waals surface area contributed by atoms with Gasteiger partial charge in [0.15, 0.2) is 0 Å². The fourth-order valence-corrected chi connectivity index (χ4v) is 2.57. The summed E-state index contributed by atoms with van der Waals surface area (Å²) < 4.78 is 5.42. The molecule has 0 spiro atoms. The topological polar surface area (TPSA) is 41.5 Å². The Morgan fingerprint density at radius 2 is 2.05 bits per heavy atom. The van der Waals surface area contributed by atoms with Crippen LogP contribution in [0.5, 0.6) is 5.75 Å². The fraction of sp³-hybridized carbons (Fsp3) is 0.625. The van der Waals surface area contributed by atoms with Crippen LogP contribution in [0.3, 0.4) is 0 Å². The first kappa shape index (κ1) is 14.4. The van der Waals surface area contributed by atoms with Crippen molar-refractivity contribution in [1.82, 2.24) is 5.32 Å². The zero-order valence-electron chi connectivity index (χ0n) is 12.2. The molecule has 1 unspecified atom stereocenters. The van der Waals surface area contributed by atoms with Crippen LogP contribution in [0.4, 0.5) is 0 Å². The second-order valence-corrected chi connectivity index (χ2v) is 6.09. The number of rotatable bonds is 4. The SMILES string of the molecule is Cc1ccc(C(C)NCC2(C)CCOCC2)c(O)c1. The summed E-state index contributed by atoms with van der Waals surface area (Å²) in [6.45, 7) is 9.09. The Balaban J connectivity index is 1.95. The van der Waals surface area contributed by atoms with Crippen molar-refractivity contribution in [2.45, 2.75) is 39.7 Å². The summed E-state index contributed by atoms with van der Waals surface area (Å²) in [4.78, 5) is 0. The molecule has 106 valence electrons. The van der Waals surface area contributed by atoms with Crippen molar-refractivity contribution in [3.63, 3.8) is 0 Å². The molecule has 3 nitrogen and oxygen atoms in total. The van der Waals surface area contributed by atoms with Gasteiger partial charge in [0, 0.05) is 31.4 Å². The molecule has 19 heavy (non-hydrogen) atoms. The summed E-state index contributed by atoms with van der Waals surface area (Å²) in [6.07, 6.45) is 2.21. The molecule has 2 N–H and O–H groups in total. The van der Waals surface area contributed by atoms with Crippen LogP contribution < -0.4 is 5.32 Å². The van der Waals surface area contributed by atoms with E-state index in [1.165, 1.54) is 0 Å². The predicted octanol–water partition coefficient (Wildman–Crippen LogP) is 3.17. The van der Waals surface area contributed by atoms with E-state index in [0.29, 0.717) is 11.2 Å². The molecule has 0 bridgehead atoms. The van der Waals surface area contributed by atoms with Crippen molar-refractivity contribution >= 4 is 0 Å². The lowest BCUT2D eigenvalue weighted by Gasteiger charge is -2.35. The van der Waals surface area contributed by atoms with Crippen molar-refractivity contribution in [3.05, 3.63) is 29.3 Å². The summed E-state index contributed by atoms with van der Waals surface area (Å²) in [6, 6.07) is 6.04. The summed E-state index contributed by atoms with van der Waals surface area (Å²) >= 11 is 0. The van der Waals surface area contributed by atoms with E-state index in [9.17, 15) is 5.11 Å². The molecule has 0 aliphatic carbocycles. The third-order valence-corrected chi connectivity index (χ3v) is 4.19. The minimum atomic E-state index is 0.167. The molecule has 0 aromatic heterocycles. The lowest BCUT2D eigenvalue weighted by atomic mass is 9.82. The highest BCUT2D eigenvalue weighted by Crippen LogP contribution is 2.31. The number of benzene rings is 1. The molecular weight excluding hydrogens is 238 g/mol. The highest BCUT2D eigenvalue weighted by Gasteiger charge is 2.27. The van der Waals surface area contributed by atoms with Crippen molar-refractivity contribution in [1.29, 1.82) is 0 Å². The molecule has 1 saturated heterocycles. The number of aryl methyl sites for hydroxylation is 1. The molecule has 1 aromatic rings. The normalized spacial score (nSPS) is 20.2. The van der Waals surface area contributed by atoms with Crippen LogP contribution >= 0.6 is 0 Å². The van der Waals surface area contributed by atoms with Crippen molar-refractivity contribution < 1.29 is 9.84 Å². The summed E-state index contributed by atoms with van der Waals surface area (Å²) in [5.41, 5.74) is 2.37. The molecule has 2 rings (SSSR count). The molecule has 0 amide bonds. The summed E-state index contributed by atoms with van der Waals surface area (Å²) in [5.74, 6) is 0.386. The Morgan fingerprint density at radius 1 is 1.37 bits per heavy atom. The summed E-state index contributed by atoms with van der Waals surface area (Å²) in [5, 5.41) is 13.6. The predicted molar refractivity (Wildman–Crippen MR) is 77.4 cm³/mol. The number of hydrogen-bond acceptors (Lipinski definition) is 3. The van der Waals surface area contributed by atoms with Crippen LogP contribution in [0, 0.1) is 12.3 Å². The standard InChI is InChI=1S/C16H25NO2/c1-12-4-5-14(15(18)10-12)13(2)17-11-16(3)6-8-19-9-7-16/h4-5,10,13,17-18H,6-9,11H2,1-3H3. The molecule has 3 heteroatoms. The molecular formula is C16H25NO2. The van der Waals surface area contributed by atoms with Gasteiger partial charge in [-0.1, -0.05) is 19.1 Å². The maximum absolute atomic E-state index is 10.0. The Kier molecular flexibility index (Phi) is 4.48. The van der Waals surface area contributed by atoms with Crippen LogP contribution in [0.2, 0.25) is 0 Å². The molecule has 1 heterocycles. The Hall–Kier alpha value is -1.06. The maximum Gasteiger partial charge on any atom is 0.120 e. The lowest BCUT2D eigenvalue weighted by Crippen LogP contribution is -2.37. The number of ether oxygens (including phenoxy) is 1. The van der Waals surface area contributed by atoms with Gasteiger partial charge in [0.25, 0.3) is 0 Å². The van der Waals surface area contributed by atoms with E-state index in [1.807, 2.05) is 25.1 Å². The van der Waals surface area contributed by atoms with Gasteiger partial charge >= 0.3 is 0 Å². The largest absolute Gasteiger partial charge is 0.508 e. The smallest absolute Gasteiger partial charge is 0.120 e. The second-order valence-electron chi connectivity index (χ2n) is 6.09. The van der Waals surface area contributed by atoms with E-state index >= 15 is 0 Å².